The number of benzene rings is 1. The van der Waals surface area contributed by atoms with Gasteiger partial charge in [-0.25, -0.2) is 4.98 Å². The number of rotatable bonds is 5. The zero-order valence-electron chi connectivity index (χ0n) is 16.0. The summed E-state index contributed by atoms with van der Waals surface area (Å²) in [4.78, 5) is 4.29. The van der Waals surface area contributed by atoms with Gasteiger partial charge < -0.3 is 4.74 Å². The maximum atomic E-state index is 5.12. The summed E-state index contributed by atoms with van der Waals surface area (Å²) in [7, 11) is 1.64. The molecule has 0 aliphatic heterocycles. The number of ether oxygens (including phenoxy) is 1. The van der Waals surface area contributed by atoms with Crippen LogP contribution in [0.1, 0.15) is 74.6 Å². The van der Waals surface area contributed by atoms with Crippen molar-refractivity contribution in [1.82, 2.24) is 4.98 Å². The van der Waals surface area contributed by atoms with Gasteiger partial charge >= 0.3 is 0 Å². The van der Waals surface area contributed by atoms with Gasteiger partial charge in [-0.05, 0) is 73.3 Å². The van der Waals surface area contributed by atoms with E-state index in [0.29, 0.717) is 0 Å². The van der Waals surface area contributed by atoms with Crippen LogP contribution in [0, 0.1) is 17.8 Å². The largest absolute Gasteiger partial charge is 0.495 e. The number of methoxy groups -OCH3 is 1. The molecule has 1 aliphatic carbocycles. The van der Waals surface area contributed by atoms with Crippen LogP contribution in [-0.4, -0.2) is 12.1 Å². The van der Waals surface area contributed by atoms with Gasteiger partial charge in [-0.15, -0.1) is 0 Å². The van der Waals surface area contributed by atoms with Crippen LogP contribution in [0.4, 0.5) is 0 Å². The number of unbranched alkanes of at least 4 members (excludes halogenated alkanes) is 1. The van der Waals surface area contributed by atoms with Crippen LogP contribution < -0.4 is 4.74 Å². The SMILES string of the molecule is CCCCC1CCC(c2ccc(C#Cc3ccc(OC)cn3)cc2)CC1. The Morgan fingerprint density at radius 2 is 1.77 bits per heavy atom. The highest BCUT2D eigenvalue weighted by atomic mass is 16.5. The molecule has 1 aromatic heterocycles. The van der Waals surface area contributed by atoms with Crippen LogP contribution in [0.25, 0.3) is 0 Å². The van der Waals surface area contributed by atoms with Crippen molar-refractivity contribution in [2.75, 3.05) is 7.11 Å². The van der Waals surface area contributed by atoms with Crippen LogP contribution in [-0.2, 0) is 0 Å². The van der Waals surface area contributed by atoms with E-state index in [2.05, 4.69) is 48.0 Å². The summed E-state index contributed by atoms with van der Waals surface area (Å²) in [5.74, 6) is 8.78. The number of pyridine rings is 1. The smallest absolute Gasteiger partial charge is 0.137 e. The van der Waals surface area contributed by atoms with Crippen molar-refractivity contribution >= 4 is 0 Å². The molecule has 136 valence electrons. The number of hydrogen-bond acceptors (Lipinski definition) is 2. The minimum atomic E-state index is 0.734. The average Bonchev–Trinajstić information content (AvgIpc) is 2.72. The van der Waals surface area contributed by atoms with E-state index in [9.17, 15) is 0 Å². The van der Waals surface area contributed by atoms with Gasteiger partial charge in [0.2, 0.25) is 0 Å². The minimum absolute atomic E-state index is 0.734. The molecule has 3 rings (SSSR count). The summed E-state index contributed by atoms with van der Waals surface area (Å²) in [5.41, 5.74) is 3.29. The highest BCUT2D eigenvalue weighted by Gasteiger charge is 2.21. The Bertz CT molecular complexity index is 729. The average molecular weight is 348 g/mol. The molecule has 1 heterocycles. The van der Waals surface area contributed by atoms with Gasteiger partial charge in [-0.3, -0.25) is 0 Å². The second-order valence-corrected chi connectivity index (χ2v) is 7.32. The Labute approximate surface area is 158 Å². The van der Waals surface area contributed by atoms with Crippen molar-refractivity contribution in [3.05, 3.63) is 59.4 Å². The van der Waals surface area contributed by atoms with Crippen LogP contribution >= 0.6 is 0 Å². The summed E-state index contributed by atoms with van der Waals surface area (Å²) in [5, 5.41) is 0. The minimum Gasteiger partial charge on any atom is -0.495 e. The fourth-order valence-corrected chi connectivity index (χ4v) is 3.83. The molecule has 26 heavy (non-hydrogen) atoms. The van der Waals surface area contributed by atoms with Crippen molar-refractivity contribution < 1.29 is 4.74 Å². The molecule has 1 aromatic carbocycles. The number of aromatic nitrogens is 1. The quantitative estimate of drug-likeness (QED) is 0.623. The fraction of sp³-hybridized carbons (Fsp3) is 0.458. The second kappa shape index (κ2) is 9.43. The first-order chi connectivity index (χ1) is 12.8. The molecule has 0 saturated heterocycles. The van der Waals surface area contributed by atoms with Crippen LogP contribution in [0.15, 0.2) is 42.6 Å². The zero-order chi connectivity index (χ0) is 18.2. The lowest BCUT2D eigenvalue weighted by molar-refractivity contribution is 0.304. The Hall–Kier alpha value is -2.27. The molecule has 0 bridgehead atoms. The first-order valence-corrected chi connectivity index (χ1v) is 9.90. The van der Waals surface area contributed by atoms with Crippen LogP contribution in [0.3, 0.4) is 0 Å². The summed E-state index contributed by atoms with van der Waals surface area (Å²) in [6, 6.07) is 12.6. The van der Waals surface area contributed by atoms with E-state index in [4.69, 9.17) is 4.74 Å². The third-order valence-electron chi connectivity index (χ3n) is 5.50. The number of hydrogen-bond donors (Lipinski definition) is 0. The van der Waals surface area contributed by atoms with Gasteiger partial charge in [0.1, 0.15) is 11.4 Å². The van der Waals surface area contributed by atoms with Gasteiger partial charge in [0.15, 0.2) is 0 Å². The molecule has 0 radical (unpaired) electrons. The molecule has 2 heteroatoms. The summed E-state index contributed by atoms with van der Waals surface area (Å²) < 4.78 is 5.12. The second-order valence-electron chi connectivity index (χ2n) is 7.32. The lowest BCUT2D eigenvalue weighted by Gasteiger charge is -2.28. The molecule has 1 aliphatic rings. The maximum absolute atomic E-state index is 5.12. The Kier molecular flexibility index (Phi) is 6.72. The van der Waals surface area contributed by atoms with Gasteiger partial charge in [0.25, 0.3) is 0 Å². The van der Waals surface area contributed by atoms with E-state index < -0.39 is 0 Å². The Balaban J connectivity index is 1.56. The first-order valence-electron chi connectivity index (χ1n) is 9.90. The van der Waals surface area contributed by atoms with E-state index >= 15 is 0 Å². The van der Waals surface area contributed by atoms with Gasteiger partial charge in [0.05, 0.1) is 13.3 Å². The van der Waals surface area contributed by atoms with E-state index in [1.807, 2.05) is 12.1 Å². The lowest BCUT2D eigenvalue weighted by Crippen LogP contribution is -2.13. The maximum Gasteiger partial charge on any atom is 0.137 e. The normalized spacial score (nSPS) is 19.5. The molecule has 2 nitrogen and oxygen atoms in total. The molecule has 1 saturated carbocycles. The predicted molar refractivity (Wildman–Crippen MR) is 107 cm³/mol. The van der Waals surface area contributed by atoms with E-state index in [0.717, 1.165) is 28.8 Å². The summed E-state index contributed by atoms with van der Waals surface area (Å²) in [6.07, 6.45) is 11.3. The summed E-state index contributed by atoms with van der Waals surface area (Å²) >= 11 is 0. The van der Waals surface area contributed by atoms with Gasteiger partial charge in [-0.2, -0.15) is 0 Å². The van der Waals surface area contributed by atoms with Crippen molar-refractivity contribution in [2.45, 2.75) is 57.8 Å². The first kappa shape index (κ1) is 18.5. The zero-order valence-corrected chi connectivity index (χ0v) is 16.0. The Morgan fingerprint density at radius 3 is 2.38 bits per heavy atom. The lowest BCUT2D eigenvalue weighted by atomic mass is 9.77. The third kappa shape index (κ3) is 5.11. The highest BCUT2D eigenvalue weighted by molar-refractivity contribution is 5.42. The molecule has 1 fully saturated rings. The Morgan fingerprint density at radius 1 is 1.00 bits per heavy atom. The third-order valence-corrected chi connectivity index (χ3v) is 5.50. The standard InChI is InChI=1S/C24H29NO/c1-3-4-5-19-6-11-21(12-7-19)22-13-8-20(9-14-22)10-15-23-16-17-24(26-2)18-25-23/h8-9,13-14,16-19,21H,3-7,11-12H2,1-2H3. The van der Waals surface area contributed by atoms with Gasteiger partial charge in [-0.1, -0.05) is 44.2 Å². The highest BCUT2D eigenvalue weighted by Crippen LogP contribution is 2.37. The number of nitrogens with zero attached hydrogens (tertiary/aromatic N) is 1. The van der Waals surface area contributed by atoms with Crippen LogP contribution in [0.2, 0.25) is 0 Å². The van der Waals surface area contributed by atoms with Crippen molar-refractivity contribution in [2.24, 2.45) is 5.92 Å². The molecule has 0 atom stereocenters. The van der Waals surface area contributed by atoms with E-state index in [-0.39, 0.29) is 0 Å². The molecule has 0 unspecified atom stereocenters. The fourth-order valence-electron chi connectivity index (χ4n) is 3.83. The molecule has 0 spiro atoms. The molecular formula is C24H29NO. The topological polar surface area (TPSA) is 22.1 Å². The predicted octanol–water partition coefficient (Wildman–Crippen LogP) is 5.95. The molecule has 2 aromatic rings. The van der Waals surface area contributed by atoms with Crippen molar-refractivity contribution in [1.29, 1.82) is 0 Å². The van der Waals surface area contributed by atoms with Gasteiger partial charge in [0, 0.05) is 5.56 Å². The molecule has 0 amide bonds. The van der Waals surface area contributed by atoms with Crippen molar-refractivity contribution in [3.8, 4) is 17.6 Å². The summed E-state index contributed by atoms with van der Waals surface area (Å²) in [6.45, 7) is 2.29. The van der Waals surface area contributed by atoms with E-state index in [1.54, 1.807) is 13.3 Å². The molecule has 0 N–H and O–H groups in total. The monoisotopic (exact) mass is 347 g/mol. The molecular weight excluding hydrogens is 318 g/mol. The van der Waals surface area contributed by atoms with Crippen LogP contribution in [0.5, 0.6) is 5.75 Å². The van der Waals surface area contributed by atoms with Crippen molar-refractivity contribution in [3.63, 3.8) is 0 Å². The van der Waals surface area contributed by atoms with E-state index in [1.165, 1.54) is 50.5 Å².